The van der Waals surface area contributed by atoms with Gasteiger partial charge in [0.25, 0.3) is 0 Å². The maximum Gasteiger partial charge on any atom is 0.326 e. The van der Waals surface area contributed by atoms with Crippen LogP contribution in [-0.2, 0) is 16.0 Å². The highest BCUT2D eigenvalue weighted by molar-refractivity contribution is 5.84. The van der Waals surface area contributed by atoms with Gasteiger partial charge in [0.15, 0.2) is 0 Å². The van der Waals surface area contributed by atoms with Crippen molar-refractivity contribution in [2.24, 2.45) is 0 Å². The molecule has 0 aliphatic carbocycles. The van der Waals surface area contributed by atoms with Crippen LogP contribution in [0.2, 0.25) is 0 Å². The standard InChI is InChI=1S/C11H14N2O3/c1-8(11(15)16)13(2)10(14)7-9-3-5-12-6-4-9/h3-6,8H,7H2,1-2H3,(H,15,16). The minimum Gasteiger partial charge on any atom is -0.480 e. The van der Waals surface area contributed by atoms with Gasteiger partial charge in [0, 0.05) is 19.4 Å². The number of hydrogen-bond acceptors (Lipinski definition) is 3. The highest BCUT2D eigenvalue weighted by Gasteiger charge is 2.21. The summed E-state index contributed by atoms with van der Waals surface area (Å²) in [5.41, 5.74) is 0.824. The van der Waals surface area contributed by atoms with Crippen LogP contribution in [0.1, 0.15) is 12.5 Å². The highest BCUT2D eigenvalue weighted by Crippen LogP contribution is 2.03. The number of carbonyl (C=O) groups is 2. The Balaban J connectivity index is 2.63. The van der Waals surface area contributed by atoms with E-state index in [9.17, 15) is 9.59 Å². The number of carboxylic acids is 1. The summed E-state index contributed by atoms with van der Waals surface area (Å²) in [6.07, 6.45) is 3.39. The summed E-state index contributed by atoms with van der Waals surface area (Å²) in [6.45, 7) is 1.48. The zero-order valence-electron chi connectivity index (χ0n) is 9.25. The second-order valence-corrected chi connectivity index (χ2v) is 3.55. The molecule has 1 rings (SSSR count). The number of likely N-dealkylation sites (N-methyl/N-ethyl adjacent to an activating group) is 1. The van der Waals surface area contributed by atoms with Gasteiger partial charge in [0.2, 0.25) is 5.91 Å². The lowest BCUT2D eigenvalue weighted by molar-refractivity contribution is -0.147. The average Bonchev–Trinajstić information content (AvgIpc) is 2.28. The Kier molecular flexibility index (Phi) is 3.99. The molecule has 0 saturated carbocycles. The molecule has 1 atom stereocenters. The summed E-state index contributed by atoms with van der Waals surface area (Å²) in [6, 6.07) is 2.66. The molecule has 0 fully saturated rings. The number of rotatable bonds is 4. The molecule has 1 amide bonds. The van der Waals surface area contributed by atoms with Gasteiger partial charge >= 0.3 is 5.97 Å². The van der Waals surface area contributed by atoms with Crippen LogP contribution < -0.4 is 0 Å². The topological polar surface area (TPSA) is 70.5 Å². The van der Waals surface area contributed by atoms with Crippen molar-refractivity contribution in [3.8, 4) is 0 Å². The molecular weight excluding hydrogens is 208 g/mol. The van der Waals surface area contributed by atoms with Crippen molar-refractivity contribution in [3.05, 3.63) is 30.1 Å². The number of carboxylic acid groups (broad SMARTS) is 1. The summed E-state index contributed by atoms with van der Waals surface area (Å²) in [5, 5.41) is 8.76. The fourth-order valence-corrected chi connectivity index (χ4v) is 1.18. The third kappa shape index (κ3) is 3.05. The summed E-state index contributed by atoms with van der Waals surface area (Å²) in [5.74, 6) is -1.23. The van der Waals surface area contributed by atoms with Crippen molar-refractivity contribution in [3.63, 3.8) is 0 Å². The van der Waals surface area contributed by atoms with Crippen molar-refractivity contribution in [2.45, 2.75) is 19.4 Å². The predicted molar refractivity (Wildman–Crippen MR) is 57.8 cm³/mol. The zero-order chi connectivity index (χ0) is 12.1. The highest BCUT2D eigenvalue weighted by atomic mass is 16.4. The van der Waals surface area contributed by atoms with Gasteiger partial charge in [-0.1, -0.05) is 0 Å². The molecule has 16 heavy (non-hydrogen) atoms. The van der Waals surface area contributed by atoms with Gasteiger partial charge in [-0.25, -0.2) is 4.79 Å². The molecule has 5 heteroatoms. The quantitative estimate of drug-likeness (QED) is 0.807. The lowest BCUT2D eigenvalue weighted by Crippen LogP contribution is -2.41. The van der Waals surface area contributed by atoms with Crippen molar-refractivity contribution in [1.82, 2.24) is 9.88 Å². The molecule has 0 saturated heterocycles. The lowest BCUT2D eigenvalue weighted by atomic mass is 10.1. The van der Waals surface area contributed by atoms with E-state index in [1.165, 1.54) is 18.9 Å². The summed E-state index contributed by atoms with van der Waals surface area (Å²) < 4.78 is 0. The summed E-state index contributed by atoms with van der Waals surface area (Å²) >= 11 is 0. The molecule has 0 aliphatic heterocycles. The van der Waals surface area contributed by atoms with Crippen molar-refractivity contribution >= 4 is 11.9 Å². The van der Waals surface area contributed by atoms with Gasteiger partial charge in [-0.05, 0) is 24.6 Å². The first-order valence-electron chi connectivity index (χ1n) is 4.89. The van der Waals surface area contributed by atoms with E-state index in [4.69, 9.17) is 5.11 Å². The minimum atomic E-state index is -1.01. The fourth-order valence-electron chi connectivity index (χ4n) is 1.18. The molecule has 1 N–H and O–H groups in total. The van der Waals surface area contributed by atoms with Crippen LogP contribution in [0.15, 0.2) is 24.5 Å². The van der Waals surface area contributed by atoms with E-state index in [1.807, 2.05) is 0 Å². The van der Waals surface area contributed by atoms with E-state index in [0.29, 0.717) is 0 Å². The molecule has 0 radical (unpaired) electrons. The van der Waals surface area contributed by atoms with E-state index in [0.717, 1.165) is 5.56 Å². The molecule has 1 aromatic rings. The van der Waals surface area contributed by atoms with Crippen LogP contribution in [0.25, 0.3) is 0 Å². The van der Waals surface area contributed by atoms with Crippen LogP contribution in [0.4, 0.5) is 0 Å². The monoisotopic (exact) mass is 222 g/mol. The molecule has 1 unspecified atom stereocenters. The third-order valence-electron chi connectivity index (χ3n) is 2.44. The van der Waals surface area contributed by atoms with Crippen molar-refractivity contribution in [2.75, 3.05) is 7.05 Å². The van der Waals surface area contributed by atoms with E-state index in [1.54, 1.807) is 24.5 Å². The second kappa shape index (κ2) is 5.25. The van der Waals surface area contributed by atoms with Crippen molar-refractivity contribution in [1.29, 1.82) is 0 Å². The Labute approximate surface area is 93.7 Å². The molecule has 5 nitrogen and oxygen atoms in total. The van der Waals surface area contributed by atoms with E-state index in [2.05, 4.69) is 4.98 Å². The maximum atomic E-state index is 11.7. The van der Waals surface area contributed by atoms with E-state index >= 15 is 0 Å². The molecular formula is C11H14N2O3. The maximum absolute atomic E-state index is 11.7. The number of carbonyl (C=O) groups excluding carboxylic acids is 1. The predicted octanol–water partition coefficient (Wildman–Crippen LogP) is 0.556. The van der Waals surface area contributed by atoms with Crippen LogP contribution in [-0.4, -0.2) is 40.0 Å². The zero-order valence-corrected chi connectivity index (χ0v) is 9.25. The minimum absolute atomic E-state index is 0.191. The largest absolute Gasteiger partial charge is 0.480 e. The number of aliphatic carboxylic acids is 1. The molecule has 0 aliphatic rings. The molecule has 1 aromatic heterocycles. The Bertz CT molecular complexity index is 378. The smallest absolute Gasteiger partial charge is 0.326 e. The molecule has 0 spiro atoms. The van der Waals surface area contributed by atoms with E-state index < -0.39 is 12.0 Å². The number of amides is 1. The SMILES string of the molecule is CC(C(=O)O)N(C)C(=O)Cc1ccncc1. The van der Waals surface area contributed by atoms with Gasteiger partial charge in [-0.3, -0.25) is 9.78 Å². The fraction of sp³-hybridized carbons (Fsp3) is 0.364. The summed E-state index contributed by atoms with van der Waals surface area (Å²) in [7, 11) is 1.49. The average molecular weight is 222 g/mol. The Morgan fingerprint density at radius 3 is 2.50 bits per heavy atom. The number of hydrogen-bond donors (Lipinski definition) is 1. The Morgan fingerprint density at radius 1 is 1.44 bits per heavy atom. The van der Waals surface area contributed by atoms with Gasteiger partial charge in [-0.2, -0.15) is 0 Å². The number of nitrogens with zero attached hydrogens (tertiary/aromatic N) is 2. The van der Waals surface area contributed by atoms with Gasteiger partial charge in [0.1, 0.15) is 6.04 Å². The van der Waals surface area contributed by atoms with E-state index in [-0.39, 0.29) is 12.3 Å². The normalized spacial score (nSPS) is 11.9. The van der Waals surface area contributed by atoms with Crippen LogP contribution in [0.5, 0.6) is 0 Å². The van der Waals surface area contributed by atoms with Crippen LogP contribution in [0, 0.1) is 0 Å². The first kappa shape index (κ1) is 12.2. The lowest BCUT2D eigenvalue weighted by Gasteiger charge is -2.21. The third-order valence-corrected chi connectivity index (χ3v) is 2.44. The molecule has 0 aromatic carbocycles. The number of aromatic nitrogens is 1. The van der Waals surface area contributed by atoms with Gasteiger partial charge in [0.05, 0.1) is 6.42 Å². The molecule has 0 bridgehead atoms. The Hall–Kier alpha value is -1.91. The van der Waals surface area contributed by atoms with Crippen LogP contribution >= 0.6 is 0 Å². The van der Waals surface area contributed by atoms with Gasteiger partial charge in [-0.15, -0.1) is 0 Å². The summed E-state index contributed by atoms with van der Waals surface area (Å²) in [4.78, 5) is 27.5. The second-order valence-electron chi connectivity index (χ2n) is 3.55. The Morgan fingerprint density at radius 2 is 2.00 bits per heavy atom. The van der Waals surface area contributed by atoms with Gasteiger partial charge < -0.3 is 10.0 Å². The van der Waals surface area contributed by atoms with Crippen molar-refractivity contribution < 1.29 is 14.7 Å². The number of pyridine rings is 1. The first-order valence-corrected chi connectivity index (χ1v) is 4.89. The van der Waals surface area contributed by atoms with Crippen LogP contribution in [0.3, 0.4) is 0 Å². The molecule has 86 valence electrons. The molecule has 1 heterocycles. The first-order chi connectivity index (χ1) is 7.52.